The van der Waals surface area contributed by atoms with E-state index in [1.54, 1.807) is 32.4 Å². The minimum atomic E-state index is -1.16. The molecule has 4 radical (unpaired) electrons. The van der Waals surface area contributed by atoms with Crippen molar-refractivity contribution in [2.24, 2.45) is 0 Å². The average molecular weight is 646 g/mol. The van der Waals surface area contributed by atoms with E-state index in [9.17, 15) is 9.18 Å². The Hall–Kier alpha value is -2.03. The van der Waals surface area contributed by atoms with E-state index in [2.05, 4.69) is 35.3 Å². The van der Waals surface area contributed by atoms with Crippen molar-refractivity contribution in [1.29, 1.82) is 0 Å². The number of halogens is 1. The van der Waals surface area contributed by atoms with Crippen molar-refractivity contribution in [3.63, 3.8) is 0 Å². The van der Waals surface area contributed by atoms with Gasteiger partial charge in [0.25, 0.3) is 7.12 Å². The number of aromatic nitrogens is 6. The third kappa shape index (κ3) is 11.1. The predicted octanol–water partition coefficient (Wildman–Crippen LogP) is 1.83. The number of hydrogen-bond donors (Lipinski definition) is 0. The van der Waals surface area contributed by atoms with Gasteiger partial charge in [-0.2, -0.15) is 0 Å². The quantitative estimate of drug-likeness (QED) is 0.316. The average Bonchev–Trinajstić information content (AvgIpc) is 3.55. The van der Waals surface area contributed by atoms with Crippen LogP contribution in [0.1, 0.15) is 6.42 Å². The molecule has 1 fully saturated rings. The van der Waals surface area contributed by atoms with Crippen molar-refractivity contribution in [3.05, 3.63) is 73.1 Å². The van der Waals surface area contributed by atoms with Gasteiger partial charge >= 0.3 is 0 Å². The molecule has 0 aliphatic heterocycles. The van der Waals surface area contributed by atoms with Gasteiger partial charge in [-0.15, -0.1) is 12.8 Å². The second-order valence-corrected chi connectivity index (χ2v) is 9.58. The molecular formula is C19H27BFN7O3PW-. The molecule has 0 bridgehead atoms. The van der Waals surface area contributed by atoms with E-state index in [1.807, 2.05) is 36.8 Å². The summed E-state index contributed by atoms with van der Waals surface area (Å²) in [6, 6.07) is 5.62. The molecule has 4 rings (SSSR count). The molecule has 14 heteroatoms. The number of methoxy groups -OCH3 is 1. The van der Waals surface area contributed by atoms with Crippen LogP contribution in [-0.4, -0.2) is 81.4 Å². The molecule has 0 N–H and O–H groups in total. The van der Waals surface area contributed by atoms with Gasteiger partial charge in [0.05, 0.1) is 6.10 Å². The molecule has 0 spiro atoms. The van der Waals surface area contributed by atoms with E-state index >= 15 is 0 Å². The van der Waals surface area contributed by atoms with E-state index in [0.717, 1.165) is 0 Å². The minimum Gasteiger partial charge on any atom is -0.425 e. The molecular weight excluding hydrogens is 619 g/mol. The maximum atomic E-state index is 12.7. The maximum absolute atomic E-state index is 12.7. The van der Waals surface area contributed by atoms with Gasteiger partial charge in [0, 0.05) is 66.0 Å². The summed E-state index contributed by atoms with van der Waals surface area (Å²) in [5, 5.41) is 12.7. The van der Waals surface area contributed by atoms with Crippen molar-refractivity contribution < 1.29 is 35.0 Å². The summed E-state index contributed by atoms with van der Waals surface area (Å²) in [6.45, 7) is 6.69. The first-order valence-electron chi connectivity index (χ1n) is 9.56. The van der Waals surface area contributed by atoms with Crippen LogP contribution in [0.3, 0.4) is 0 Å². The van der Waals surface area contributed by atoms with Crippen LogP contribution in [0, 0.1) is 17.7 Å². The fourth-order valence-electron chi connectivity index (χ4n) is 2.54. The van der Waals surface area contributed by atoms with Gasteiger partial charge in [-0.25, -0.2) is 19.7 Å². The monoisotopic (exact) mass is 646 g/mol. The Morgan fingerprint density at radius 2 is 1.39 bits per heavy atom. The molecule has 3 aromatic heterocycles. The summed E-state index contributed by atoms with van der Waals surface area (Å²) in [5.41, 5.74) is 5.75. The van der Waals surface area contributed by atoms with Crippen LogP contribution in [0.4, 0.5) is 4.39 Å². The van der Waals surface area contributed by atoms with Crippen molar-refractivity contribution in [2.45, 2.75) is 18.7 Å². The second kappa shape index (κ2) is 17.4. The second-order valence-electron chi connectivity index (χ2n) is 6.89. The number of ketones is 1. The van der Waals surface area contributed by atoms with Crippen LogP contribution in [0.5, 0.6) is 0 Å². The fourth-order valence-corrected chi connectivity index (χ4v) is 2.54. The molecule has 3 aromatic rings. The van der Waals surface area contributed by atoms with E-state index in [0.29, 0.717) is 7.92 Å². The molecule has 178 valence electrons. The van der Waals surface area contributed by atoms with Gasteiger partial charge in [0.1, 0.15) is 17.5 Å². The third-order valence-corrected chi connectivity index (χ3v) is 3.78. The molecule has 0 aromatic carbocycles. The normalized spacial score (nSPS) is 17.0. The number of nitroso groups, excluding NO2 is 1. The van der Waals surface area contributed by atoms with Crippen LogP contribution in [-0.2, 0) is 30.6 Å². The SMILES string of the molecule is CO[C@@H]1[CH][CH]C(=O)C[C@@H]1F.CP(C)C.[N]=O.[W].c1cnn([B-](n2cccn2)n2cccn2)c1. The number of carbonyl (C=O) groups excluding carboxylic acids is 1. The number of hydrogen-bond acceptors (Lipinski definition) is 6. The van der Waals surface area contributed by atoms with Crippen molar-refractivity contribution in [3.8, 4) is 0 Å². The Balaban J connectivity index is 0.000000521. The molecule has 10 nitrogen and oxygen atoms in total. The maximum Gasteiger partial charge on any atom is 0.260 e. The first-order valence-corrected chi connectivity index (χ1v) is 12.2. The summed E-state index contributed by atoms with van der Waals surface area (Å²) in [6.07, 6.45) is 11.9. The Labute approximate surface area is 209 Å². The Morgan fingerprint density at radius 1 is 1.00 bits per heavy atom. The number of carbonyl (C=O) groups is 1. The molecule has 0 saturated heterocycles. The van der Waals surface area contributed by atoms with Gasteiger partial charge in [-0.1, -0.05) is 0 Å². The predicted molar refractivity (Wildman–Crippen MR) is 123 cm³/mol. The van der Waals surface area contributed by atoms with Crippen molar-refractivity contribution >= 4 is 20.8 Å². The van der Waals surface area contributed by atoms with E-state index in [1.165, 1.54) is 20.0 Å². The Kier molecular flexibility index (Phi) is 16.4. The zero-order valence-corrected chi connectivity index (χ0v) is 22.7. The third-order valence-electron chi connectivity index (χ3n) is 3.78. The largest absolute Gasteiger partial charge is 0.425 e. The Morgan fingerprint density at radius 3 is 1.67 bits per heavy atom. The van der Waals surface area contributed by atoms with E-state index in [4.69, 9.17) is 15.2 Å². The van der Waals surface area contributed by atoms with Gasteiger partial charge in [0.2, 0.25) is 0 Å². The van der Waals surface area contributed by atoms with Crippen molar-refractivity contribution in [2.75, 3.05) is 27.1 Å². The van der Waals surface area contributed by atoms with Crippen LogP contribution in [0.25, 0.3) is 0 Å². The zero-order valence-electron chi connectivity index (χ0n) is 18.9. The van der Waals surface area contributed by atoms with Gasteiger partial charge in [-0.3, -0.25) is 4.79 Å². The van der Waals surface area contributed by atoms with E-state index in [-0.39, 0.29) is 40.4 Å². The Bertz CT molecular complexity index is 773. The van der Waals surface area contributed by atoms with Gasteiger partial charge < -0.3 is 18.5 Å². The zero-order chi connectivity index (χ0) is 23.9. The summed E-state index contributed by atoms with van der Waals surface area (Å²) < 4.78 is 22.8. The number of alkyl halides is 1. The molecule has 1 aliphatic carbocycles. The molecule has 3 heterocycles. The minimum absolute atomic E-state index is 0. The topological polar surface area (TPSA) is 119 Å². The summed E-state index contributed by atoms with van der Waals surface area (Å²) >= 11 is 0. The van der Waals surface area contributed by atoms with Gasteiger partial charge in [0.15, 0.2) is 0 Å². The van der Waals surface area contributed by atoms with Gasteiger partial charge in [-0.05, 0) is 56.8 Å². The van der Waals surface area contributed by atoms with Crippen molar-refractivity contribution in [1.82, 2.24) is 34.7 Å². The number of rotatable bonds is 4. The van der Waals surface area contributed by atoms with Crippen LogP contribution < -0.4 is 5.59 Å². The summed E-state index contributed by atoms with van der Waals surface area (Å²) in [4.78, 5) is 17.8. The van der Waals surface area contributed by atoms with Crippen LogP contribution in [0.2, 0.25) is 0 Å². The number of ether oxygens (including phenoxy) is 1. The fraction of sp³-hybridized carbons (Fsp3) is 0.368. The standard InChI is InChI=1S/C9H9BN6.C7H9FO2.C3H9P.NO.W/c1-4-11-14(7-1)10(15-8-2-5-12-15)16-9-3-6-13-16;1-10-7-3-2-5(9)4-6(7)8;1-4(2)3;1-2;/h1-9H;2-3,6-7H,4H2,1H3;1-3H3;;/q-1;;;;/t;6-,7+;;;/m.0.../s1. The first kappa shape index (κ1) is 31.0. The summed E-state index contributed by atoms with van der Waals surface area (Å²) in [7, 11) is 1.61. The summed E-state index contributed by atoms with van der Waals surface area (Å²) in [5.74, 6) is -0.166. The molecule has 0 unspecified atom stereocenters. The molecule has 2 atom stereocenters. The van der Waals surface area contributed by atoms with E-state index < -0.39 is 12.3 Å². The molecule has 33 heavy (non-hydrogen) atoms. The molecule has 1 aliphatic rings. The first-order chi connectivity index (χ1) is 15.4. The van der Waals surface area contributed by atoms with Crippen LogP contribution >= 0.6 is 7.92 Å². The molecule has 1 saturated carbocycles. The smallest absolute Gasteiger partial charge is 0.260 e. The van der Waals surface area contributed by atoms with Crippen LogP contribution in [0.15, 0.2) is 55.4 Å². The molecule has 0 amide bonds. The number of nitrogens with zero attached hydrogens (tertiary/aromatic N) is 7. The number of Topliss-reactive ketones (excluding diaryl/α,β-unsaturated/α-hetero) is 1.